The van der Waals surface area contributed by atoms with Gasteiger partial charge in [0.1, 0.15) is 11.1 Å². The molecule has 120 valence electrons. The number of halogens is 1. The Kier molecular flexibility index (Phi) is 6.30. The molecule has 1 aromatic rings. The number of hydrogen-bond donors (Lipinski definition) is 1. The molecule has 1 aromatic carbocycles. The lowest BCUT2D eigenvalue weighted by molar-refractivity contribution is -0.384. The van der Waals surface area contributed by atoms with Crippen molar-refractivity contribution in [1.82, 2.24) is 5.32 Å². The number of amides is 1. The molecule has 0 saturated carbocycles. The topological polar surface area (TPSA) is 98.5 Å². The first-order valence-corrected chi connectivity index (χ1v) is 6.96. The van der Waals surface area contributed by atoms with Crippen molar-refractivity contribution in [3.05, 3.63) is 38.9 Å². The second-order valence-corrected chi connectivity index (χ2v) is 5.51. The third-order valence-electron chi connectivity index (χ3n) is 2.90. The zero-order chi connectivity index (χ0) is 16.9. The van der Waals surface area contributed by atoms with Crippen LogP contribution in [0.4, 0.5) is 5.69 Å². The van der Waals surface area contributed by atoms with Crippen molar-refractivity contribution in [1.29, 1.82) is 0 Å². The van der Waals surface area contributed by atoms with Crippen molar-refractivity contribution in [3.63, 3.8) is 0 Å². The number of rotatable bonds is 6. The van der Waals surface area contributed by atoms with Crippen LogP contribution >= 0.6 is 11.6 Å². The maximum Gasteiger partial charge on any atom is 0.328 e. The maximum atomic E-state index is 12.2. The quantitative estimate of drug-likeness (QED) is 0.491. The highest BCUT2D eigenvalue weighted by Gasteiger charge is 2.24. The van der Waals surface area contributed by atoms with E-state index in [1.54, 1.807) is 0 Å². The average Bonchev–Trinajstić information content (AvgIpc) is 2.45. The zero-order valence-electron chi connectivity index (χ0n) is 12.5. The number of ether oxygens (including phenoxy) is 1. The van der Waals surface area contributed by atoms with Crippen LogP contribution in [0.15, 0.2) is 18.2 Å². The van der Waals surface area contributed by atoms with Crippen molar-refractivity contribution in [2.24, 2.45) is 5.92 Å². The predicted molar refractivity (Wildman–Crippen MR) is 80.8 cm³/mol. The number of nitrogens with zero attached hydrogens (tertiary/aromatic N) is 1. The van der Waals surface area contributed by atoms with Crippen molar-refractivity contribution in [2.45, 2.75) is 26.3 Å². The number of benzene rings is 1. The van der Waals surface area contributed by atoms with Crippen LogP contribution in [0.5, 0.6) is 0 Å². The molecule has 0 aromatic heterocycles. The lowest BCUT2D eigenvalue weighted by atomic mass is 10.0. The van der Waals surface area contributed by atoms with Crippen molar-refractivity contribution in [3.8, 4) is 0 Å². The molecule has 0 fully saturated rings. The minimum absolute atomic E-state index is 0.0498. The Morgan fingerprint density at radius 1 is 1.41 bits per heavy atom. The molecule has 8 heteroatoms. The highest BCUT2D eigenvalue weighted by Crippen LogP contribution is 2.25. The molecule has 0 radical (unpaired) electrons. The van der Waals surface area contributed by atoms with E-state index in [2.05, 4.69) is 10.1 Å². The van der Waals surface area contributed by atoms with Gasteiger partial charge in [0, 0.05) is 11.6 Å². The van der Waals surface area contributed by atoms with E-state index in [-0.39, 0.29) is 22.2 Å². The van der Waals surface area contributed by atoms with Crippen molar-refractivity contribution >= 4 is 29.2 Å². The van der Waals surface area contributed by atoms with Gasteiger partial charge in [-0.05, 0) is 24.5 Å². The third kappa shape index (κ3) is 4.70. The van der Waals surface area contributed by atoms with Gasteiger partial charge in [0.2, 0.25) is 0 Å². The summed E-state index contributed by atoms with van der Waals surface area (Å²) in [6, 6.07) is 2.88. The molecule has 1 atom stereocenters. The van der Waals surface area contributed by atoms with Crippen LogP contribution in [0.2, 0.25) is 5.02 Å². The minimum atomic E-state index is -0.813. The van der Waals surface area contributed by atoms with Crippen LogP contribution < -0.4 is 5.32 Å². The summed E-state index contributed by atoms with van der Waals surface area (Å²) in [5.74, 6) is -1.01. The molecule has 0 aliphatic rings. The molecule has 0 unspecified atom stereocenters. The second kappa shape index (κ2) is 7.74. The maximum absolute atomic E-state index is 12.2. The van der Waals surface area contributed by atoms with E-state index in [0.29, 0.717) is 6.42 Å². The first-order valence-electron chi connectivity index (χ1n) is 6.58. The Morgan fingerprint density at radius 3 is 2.55 bits per heavy atom. The van der Waals surface area contributed by atoms with Gasteiger partial charge < -0.3 is 10.1 Å². The number of methoxy groups -OCH3 is 1. The van der Waals surface area contributed by atoms with Gasteiger partial charge in [-0.25, -0.2) is 4.79 Å². The highest BCUT2D eigenvalue weighted by atomic mass is 35.5. The number of nitro benzene ring substituents is 1. The van der Waals surface area contributed by atoms with Crippen LogP contribution in [-0.2, 0) is 9.53 Å². The summed E-state index contributed by atoms with van der Waals surface area (Å²) >= 11 is 5.70. The molecule has 0 saturated heterocycles. The van der Waals surface area contributed by atoms with E-state index in [0.717, 1.165) is 6.07 Å². The Morgan fingerprint density at radius 2 is 2.05 bits per heavy atom. The van der Waals surface area contributed by atoms with Crippen LogP contribution in [0.1, 0.15) is 30.6 Å². The van der Waals surface area contributed by atoms with Gasteiger partial charge in [0.05, 0.1) is 12.0 Å². The first-order chi connectivity index (χ1) is 10.3. The molecule has 1 rings (SSSR count). The molecule has 0 heterocycles. The molecule has 7 nitrogen and oxygen atoms in total. The first kappa shape index (κ1) is 17.9. The Labute approximate surface area is 132 Å². The van der Waals surface area contributed by atoms with Gasteiger partial charge in [-0.3, -0.25) is 14.9 Å². The lowest BCUT2D eigenvalue weighted by Gasteiger charge is -2.18. The molecule has 22 heavy (non-hydrogen) atoms. The van der Waals surface area contributed by atoms with E-state index in [1.807, 2.05) is 13.8 Å². The fourth-order valence-electron chi connectivity index (χ4n) is 1.86. The molecule has 1 N–H and O–H groups in total. The lowest BCUT2D eigenvalue weighted by Crippen LogP contribution is -2.42. The molecular formula is C14H17ClN2O5. The fraction of sp³-hybridized carbons (Fsp3) is 0.429. The highest BCUT2D eigenvalue weighted by molar-refractivity contribution is 6.32. The Balaban J connectivity index is 2.97. The standard InChI is InChI=1S/C14H17ClN2O5/c1-8(2)6-11(14(19)22-3)16-13(18)9-4-5-10(15)12(7-9)17(20)21/h4-5,7-8,11H,6H2,1-3H3,(H,16,18)/t11-/m1/s1. The number of esters is 1. The van der Waals surface area contributed by atoms with Gasteiger partial charge in [-0.2, -0.15) is 0 Å². The zero-order valence-corrected chi connectivity index (χ0v) is 13.2. The van der Waals surface area contributed by atoms with E-state index in [1.165, 1.54) is 19.2 Å². The minimum Gasteiger partial charge on any atom is -0.467 e. The van der Waals surface area contributed by atoms with Crippen molar-refractivity contribution in [2.75, 3.05) is 7.11 Å². The average molecular weight is 329 g/mol. The normalized spacial score (nSPS) is 11.9. The SMILES string of the molecule is COC(=O)[C@@H](CC(C)C)NC(=O)c1ccc(Cl)c([N+](=O)[O-])c1. The fourth-order valence-corrected chi connectivity index (χ4v) is 2.05. The molecule has 0 aliphatic carbocycles. The summed E-state index contributed by atoms with van der Waals surface area (Å²) in [6.45, 7) is 3.80. The van der Waals surface area contributed by atoms with Crippen LogP contribution in [0.25, 0.3) is 0 Å². The number of nitro groups is 1. The van der Waals surface area contributed by atoms with Crippen LogP contribution in [-0.4, -0.2) is 30.0 Å². The third-order valence-corrected chi connectivity index (χ3v) is 3.22. The number of carbonyl (C=O) groups excluding carboxylic acids is 2. The Bertz CT molecular complexity index is 589. The summed E-state index contributed by atoms with van der Waals surface area (Å²) in [4.78, 5) is 34.0. The van der Waals surface area contributed by atoms with E-state index in [4.69, 9.17) is 11.6 Å². The van der Waals surface area contributed by atoms with E-state index in [9.17, 15) is 19.7 Å². The predicted octanol–water partition coefficient (Wildman–Crippen LogP) is 2.57. The van der Waals surface area contributed by atoms with Crippen LogP contribution in [0, 0.1) is 16.0 Å². The van der Waals surface area contributed by atoms with Gasteiger partial charge in [-0.15, -0.1) is 0 Å². The summed E-state index contributed by atoms with van der Waals surface area (Å²) < 4.78 is 4.65. The molecule has 1 amide bonds. The molecule has 0 bridgehead atoms. The summed E-state index contributed by atoms with van der Waals surface area (Å²) in [5.41, 5.74) is -0.318. The number of carbonyl (C=O) groups is 2. The smallest absolute Gasteiger partial charge is 0.328 e. The van der Waals surface area contributed by atoms with Gasteiger partial charge in [0.25, 0.3) is 11.6 Å². The largest absolute Gasteiger partial charge is 0.467 e. The van der Waals surface area contributed by atoms with E-state index >= 15 is 0 Å². The molecule has 0 spiro atoms. The Hall–Kier alpha value is -2.15. The summed E-state index contributed by atoms with van der Waals surface area (Å²) in [5, 5.41) is 13.3. The van der Waals surface area contributed by atoms with Gasteiger partial charge in [-0.1, -0.05) is 25.4 Å². The van der Waals surface area contributed by atoms with Crippen molar-refractivity contribution < 1.29 is 19.2 Å². The monoisotopic (exact) mass is 328 g/mol. The second-order valence-electron chi connectivity index (χ2n) is 5.10. The molecule has 0 aliphatic heterocycles. The van der Waals surface area contributed by atoms with Crippen LogP contribution in [0.3, 0.4) is 0 Å². The molecular weight excluding hydrogens is 312 g/mol. The number of hydrogen-bond acceptors (Lipinski definition) is 5. The van der Waals surface area contributed by atoms with Gasteiger partial charge in [0.15, 0.2) is 0 Å². The van der Waals surface area contributed by atoms with Gasteiger partial charge >= 0.3 is 5.97 Å². The summed E-state index contributed by atoms with van der Waals surface area (Å²) in [7, 11) is 1.23. The summed E-state index contributed by atoms with van der Waals surface area (Å²) in [6.07, 6.45) is 0.397. The van der Waals surface area contributed by atoms with E-state index < -0.39 is 22.8 Å². The number of nitrogens with one attached hydrogen (secondary N) is 1.